The summed E-state index contributed by atoms with van der Waals surface area (Å²) in [4.78, 5) is 17.3. The lowest BCUT2D eigenvalue weighted by Gasteiger charge is -2.33. The molecule has 1 aliphatic rings. The first-order valence-corrected chi connectivity index (χ1v) is 11.8. The monoisotopic (exact) mass is 421 g/mol. The van der Waals surface area contributed by atoms with Gasteiger partial charge in [0.05, 0.1) is 15.2 Å². The van der Waals surface area contributed by atoms with Crippen LogP contribution in [0.25, 0.3) is 10.2 Å². The number of hydrogen-bond acceptors (Lipinski definition) is 6. The number of thiophene rings is 1. The molecule has 0 aliphatic carbocycles. The quantitative estimate of drug-likeness (QED) is 0.694. The molecular weight excluding hydrogens is 402 g/mol. The van der Waals surface area contributed by atoms with Crippen molar-refractivity contribution in [3.8, 4) is 0 Å². The summed E-state index contributed by atoms with van der Waals surface area (Å²) >= 11 is 2.74. The fraction of sp³-hybridized carbons (Fsp3) is 0.333. The van der Waals surface area contributed by atoms with Crippen LogP contribution < -0.4 is 5.32 Å². The number of piperidine rings is 1. The molecule has 27 heavy (non-hydrogen) atoms. The highest BCUT2D eigenvalue weighted by molar-refractivity contribution is 7.91. The van der Waals surface area contributed by atoms with Gasteiger partial charge < -0.3 is 5.32 Å². The number of rotatable bonds is 4. The van der Waals surface area contributed by atoms with Gasteiger partial charge in [0.1, 0.15) is 10.3 Å². The van der Waals surface area contributed by atoms with Crippen LogP contribution in [0.5, 0.6) is 0 Å². The van der Waals surface area contributed by atoms with Crippen LogP contribution in [0.15, 0.2) is 39.9 Å². The van der Waals surface area contributed by atoms with E-state index in [0.717, 1.165) is 28.1 Å². The molecule has 0 bridgehead atoms. The Bertz CT molecular complexity index is 1070. The molecule has 1 amide bonds. The Morgan fingerprint density at radius 2 is 2.15 bits per heavy atom. The molecule has 2 aromatic heterocycles. The lowest BCUT2D eigenvalue weighted by Crippen LogP contribution is -2.49. The second-order valence-corrected chi connectivity index (χ2v) is 10.8. The number of aromatic nitrogens is 1. The normalized spacial score (nSPS) is 18.6. The second kappa shape index (κ2) is 7.31. The van der Waals surface area contributed by atoms with Crippen molar-refractivity contribution in [3.05, 3.63) is 40.7 Å². The maximum Gasteiger partial charge on any atom is 0.253 e. The van der Waals surface area contributed by atoms with Gasteiger partial charge in [-0.3, -0.25) is 4.79 Å². The van der Waals surface area contributed by atoms with Gasteiger partial charge in [0.25, 0.3) is 10.0 Å². The van der Waals surface area contributed by atoms with Gasteiger partial charge in [-0.1, -0.05) is 12.5 Å². The molecule has 1 saturated heterocycles. The number of fused-ring (bicyclic) bond motifs is 1. The van der Waals surface area contributed by atoms with E-state index in [9.17, 15) is 13.2 Å². The number of aryl methyl sites for hydroxylation is 1. The molecule has 0 saturated carbocycles. The zero-order valence-corrected chi connectivity index (χ0v) is 17.2. The molecule has 3 aromatic rings. The third-order valence-corrected chi connectivity index (χ3v) is 8.79. The number of carbonyl (C=O) groups excluding carboxylic acids is 1. The van der Waals surface area contributed by atoms with E-state index < -0.39 is 16.1 Å². The third-order valence-electron chi connectivity index (χ3n) is 4.58. The van der Waals surface area contributed by atoms with Gasteiger partial charge in [0.2, 0.25) is 5.91 Å². The van der Waals surface area contributed by atoms with E-state index in [1.807, 2.05) is 19.1 Å². The summed E-state index contributed by atoms with van der Waals surface area (Å²) in [7, 11) is -3.65. The molecule has 6 nitrogen and oxygen atoms in total. The van der Waals surface area contributed by atoms with E-state index in [1.165, 1.54) is 15.6 Å². The summed E-state index contributed by atoms with van der Waals surface area (Å²) in [6.07, 6.45) is 2.13. The van der Waals surface area contributed by atoms with Crippen molar-refractivity contribution in [2.75, 3.05) is 11.9 Å². The Morgan fingerprint density at radius 3 is 2.93 bits per heavy atom. The Labute approximate surface area is 165 Å². The molecule has 9 heteroatoms. The van der Waals surface area contributed by atoms with Crippen molar-refractivity contribution in [2.24, 2.45) is 0 Å². The summed E-state index contributed by atoms with van der Waals surface area (Å²) < 4.78 is 28.5. The smallest absolute Gasteiger partial charge is 0.253 e. The maximum atomic E-state index is 12.9. The molecule has 1 aliphatic heterocycles. The first-order valence-electron chi connectivity index (χ1n) is 8.68. The van der Waals surface area contributed by atoms with Crippen LogP contribution in [0.1, 0.15) is 24.3 Å². The van der Waals surface area contributed by atoms with Crippen molar-refractivity contribution in [1.29, 1.82) is 0 Å². The van der Waals surface area contributed by atoms with Gasteiger partial charge in [-0.2, -0.15) is 4.31 Å². The average molecular weight is 422 g/mol. The van der Waals surface area contributed by atoms with E-state index in [2.05, 4.69) is 10.3 Å². The first kappa shape index (κ1) is 18.5. The Balaban J connectivity index is 1.58. The molecule has 142 valence electrons. The average Bonchev–Trinajstić information content (AvgIpc) is 3.30. The minimum atomic E-state index is -3.65. The summed E-state index contributed by atoms with van der Waals surface area (Å²) in [5.41, 5.74) is 1.56. The standard InChI is InChI=1S/C18H19N3O3S3/c1-12-19-14-8-7-13(11-16(14)26-12)20-18(22)15-5-2-3-9-21(15)27(23,24)17-6-4-10-25-17/h4,6-8,10-11,15H,2-3,5,9H2,1H3,(H,20,22). The number of carbonyl (C=O) groups is 1. The van der Waals surface area contributed by atoms with E-state index in [0.29, 0.717) is 18.7 Å². The van der Waals surface area contributed by atoms with Crippen LogP contribution in [0.2, 0.25) is 0 Å². The van der Waals surface area contributed by atoms with Gasteiger partial charge in [0.15, 0.2) is 0 Å². The SMILES string of the molecule is Cc1nc2ccc(NC(=O)C3CCCCN3S(=O)(=O)c3cccs3)cc2s1. The van der Waals surface area contributed by atoms with Gasteiger partial charge in [0, 0.05) is 12.2 Å². The molecule has 4 rings (SSSR count). The van der Waals surface area contributed by atoms with Crippen LogP contribution >= 0.6 is 22.7 Å². The summed E-state index contributed by atoms with van der Waals surface area (Å²) in [6, 6.07) is 8.17. The Morgan fingerprint density at radius 1 is 1.30 bits per heavy atom. The van der Waals surface area contributed by atoms with Crippen molar-refractivity contribution in [2.45, 2.75) is 36.4 Å². The van der Waals surface area contributed by atoms with Crippen molar-refractivity contribution in [3.63, 3.8) is 0 Å². The van der Waals surface area contributed by atoms with E-state index in [-0.39, 0.29) is 10.1 Å². The predicted octanol–water partition coefficient (Wildman–Crippen LogP) is 3.85. The fourth-order valence-electron chi connectivity index (χ4n) is 3.32. The lowest BCUT2D eigenvalue weighted by atomic mass is 10.0. The summed E-state index contributed by atoms with van der Waals surface area (Å²) in [6.45, 7) is 2.31. The molecular formula is C18H19N3O3S3. The highest BCUT2D eigenvalue weighted by Gasteiger charge is 2.38. The molecule has 1 fully saturated rings. The lowest BCUT2D eigenvalue weighted by molar-refractivity contribution is -0.120. The van der Waals surface area contributed by atoms with Crippen LogP contribution in [-0.2, 0) is 14.8 Å². The summed E-state index contributed by atoms with van der Waals surface area (Å²) in [5.74, 6) is -0.282. The van der Waals surface area contributed by atoms with Crippen LogP contribution in [0.4, 0.5) is 5.69 Å². The van der Waals surface area contributed by atoms with E-state index in [1.54, 1.807) is 34.9 Å². The number of sulfonamides is 1. The number of benzene rings is 1. The number of thiazole rings is 1. The summed E-state index contributed by atoms with van der Waals surface area (Å²) in [5, 5.41) is 5.60. The molecule has 1 atom stereocenters. The van der Waals surface area contributed by atoms with Gasteiger partial charge >= 0.3 is 0 Å². The van der Waals surface area contributed by atoms with Crippen molar-refractivity contribution < 1.29 is 13.2 Å². The topological polar surface area (TPSA) is 79.4 Å². The minimum Gasteiger partial charge on any atom is -0.325 e. The van der Waals surface area contributed by atoms with Gasteiger partial charge in [-0.25, -0.2) is 13.4 Å². The van der Waals surface area contributed by atoms with Crippen molar-refractivity contribution in [1.82, 2.24) is 9.29 Å². The molecule has 1 N–H and O–H groups in total. The zero-order chi connectivity index (χ0) is 19.0. The molecule has 0 spiro atoms. The number of nitrogens with one attached hydrogen (secondary N) is 1. The number of nitrogens with zero attached hydrogens (tertiary/aromatic N) is 2. The predicted molar refractivity (Wildman–Crippen MR) is 109 cm³/mol. The number of anilines is 1. The molecule has 3 heterocycles. The van der Waals surface area contributed by atoms with E-state index >= 15 is 0 Å². The largest absolute Gasteiger partial charge is 0.325 e. The Hall–Kier alpha value is -1.81. The molecule has 0 radical (unpaired) electrons. The highest BCUT2D eigenvalue weighted by Crippen LogP contribution is 2.29. The minimum absolute atomic E-state index is 0.281. The van der Waals surface area contributed by atoms with Crippen LogP contribution in [-0.4, -0.2) is 36.2 Å². The second-order valence-electron chi connectivity index (χ2n) is 6.46. The third kappa shape index (κ3) is 3.64. The Kier molecular flexibility index (Phi) is 5.02. The van der Waals surface area contributed by atoms with Crippen LogP contribution in [0, 0.1) is 6.92 Å². The maximum absolute atomic E-state index is 12.9. The number of hydrogen-bond donors (Lipinski definition) is 1. The first-order chi connectivity index (χ1) is 12.9. The molecule has 1 unspecified atom stereocenters. The van der Waals surface area contributed by atoms with E-state index in [4.69, 9.17) is 0 Å². The van der Waals surface area contributed by atoms with Gasteiger partial charge in [-0.15, -0.1) is 22.7 Å². The van der Waals surface area contributed by atoms with Crippen LogP contribution in [0.3, 0.4) is 0 Å². The zero-order valence-electron chi connectivity index (χ0n) is 14.7. The van der Waals surface area contributed by atoms with Gasteiger partial charge in [-0.05, 0) is 49.4 Å². The highest BCUT2D eigenvalue weighted by atomic mass is 32.2. The number of amides is 1. The fourth-order valence-corrected chi connectivity index (χ4v) is 6.97. The van der Waals surface area contributed by atoms with Crippen molar-refractivity contribution >= 4 is 54.5 Å². The molecule has 1 aromatic carbocycles.